The van der Waals surface area contributed by atoms with Crippen LogP contribution in [0, 0.1) is 13.8 Å². The molecule has 0 spiro atoms. The molecule has 0 atom stereocenters. The fourth-order valence-electron chi connectivity index (χ4n) is 1.78. The van der Waals surface area contributed by atoms with Crippen LogP contribution in [0.4, 0.5) is 5.69 Å². The third kappa shape index (κ3) is 1.84. The van der Waals surface area contributed by atoms with Gasteiger partial charge < -0.3 is 5.73 Å². The molecular weight excluding hydrogens is 184 g/mol. The Kier molecular flexibility index (Phi) is 2.42. The average molecular weight is 198 g/mol. The van der Waals surface area contributed by atoms with Gasteiger partial charge in [-0.25, -0.2) is 0 Å². The van der Waals surface area contributed by atoms with Gasteiger partial charge >= 0.3 is 0 Å². The highest BCUT2D eigenvalue weighted by molar-refractivity contribution is 5.70. The van der Waals surface area contributed by atoms with Gasteiger partial charge in [0, 0.05) is 23.1 Å². The van der Waals surface area contributed by atoms with Crippen molar-refractivity contribution >= 4 is 5.69 Å². The van der Waals surface area contributed by atoms with E-state index in [0.717, 1.165) is 11.4 Å². The van der Waals surface area contributed by atoms with Gasteiger partial charge in [-0.3, -0.25) is 4.98 Å². The lowest BCUT2D eigenvalue weighted by Gasteiger charge is -2.08. The van der Waals surface area contributed by atoms with Crippen molar-refractivity contribution in [3.05, 3.63) is 47.8 Å². The maximum atomic E-state index is 5.67. The maximum absolute atomic E-state index is 5.67. The van der Waals surface area contributed by atoms with Gasteiger partial charge in [-0.2, -0.15) is 0 Å². The summed E-state index contributed by atoms with van der Waals surface area (Å²) in [7, 11) is 0. The van der Waals surface area contributed by atoms with Gasteiger partial charge in [-0.05, 0) is 43.2 Å². The fraction of sp³-hybridized carbons (Fsp3) is 0.154. The zero-order valence-corrected chi connectivity index (χ0v) is 8.99. The normalized spacial score (nSPS) is 10.3. The SMILES string of the molecule is Cc1ccnc(C)c1-c1ccc(N)cc1. The van der Waals surface area contributed by atoms with Crippen molar-refractivity contribution in [3.8, 4) is 11.1 Å². The summed E-state index contributed by atoms with van der Waals surface area (Å²) in [5.74, 6) is 0. The summed E-state index contributed by atoms with van der Waals surface area (Å²) in [6.45, 7) is 4.12. The van der Waals surface area contributed by atoms with Crippen LogP contribution in [0.5, 0.6) is 0 Å². The molecule has 0 saturated heterocycles. The first kappa shape index (κ1) is 9.71. The number of rotatable bonds is 1. The number of nitrogens with zero attached hydrogens (tertiary/aromatic N) is 1. The third-order valence-electron chi connectivity index (χ3n) is 2.55. The number of hydrogen-bond donors (Lipinski definition) is 1. The van der Waals surface area contributed by atoms with Crippen molar-refractivity contribution in [2.45, 2.75) is 13.8 Å². The Morgan fingerprint density at radius 1 is 1.00 bits per heavy atom. The highest BCUT2D eigenvalue weighted by atomic mass is 14.7. The summed E-state index contributed by atoms with van der Waals surface area (Å²) in [6.07, 6.45) is 1.84. The molecule has 0 saturated carbocycles. The lowest BCUT2D eigenvalue weighted by molar-refractivity contribution is 1.18. The minimum atomic E-state index is 0.790. The van der Waals surface area contributed by atoms with Gasteiger partial charge in [-0.1, -0.05) is 12.1 Å². The summed E-state index contributed by atoms with van der Waals surface area (Å²) in [4.78, 5) is 4.31. The molecule has 0 unspecified atom stereocenters. The van der Waals surface area contributed by atoms with Crippen LogP contribution in [0.3, 0.4) is 0 Å². The average Bonchev–Trinajstić information content (AvgIpc) is 2.20. The Labute approximate surface area is 89.8 Å². The van der Waals surface area contributed by atoms with Crippen molar-refractivity contribution in [2.24, 2.45) is 0 Å². The van der Waals surface area contributed by atoms with Crippen molar-refractivity contribution in [3.63, 3.8) is 0 Å². The topological polar surface area (TPSA) is 38.9 Å². The number of aromatic nitrogens is 1. The monoisotopic (exact) mass is 198 g/mol. The molecule has 0 aliphatic heterocycles. The van der Waals surface area contributed by atoms with Crippen LogP contribution >= 0.6 is 0 Å². The standard InChI is InChI=1S/C13H14N2/c1-9-7-8-15-10(2)13(9)11-3-5-12(14)6-4-11/h3-8H,14H2,1-2H3. The van der Waals surface area contributed by atoms with E-state index in [1.165, 1.54) is 16.7 Å². The molecule has 0 aliphatic carbocycles. The van der Waals surface area contributed by atoms with Crippen molar-refractivity contribution in [1.82, 2.24) is 4.98 Å². The molecule has 1 aromatic heterocycles. The molecule has 0 bridgehead atoms. The number of benzene rings is 1. The van der Waals surface area contributed by atoms with Gasteiger partial charge in [0.15, 0.2) is 0 Å². The van der Waals surface area contributed by atoms with E-state index in [0.29, 0.717) is 0 Å². The molecule has 0 amide bonds. The molecule has 0 radical (unpaired) electrons. The predicted octanol–water partition coefficient (Wildman–Crippen LogP) is 2.95. The van der Waals surface area contributed by atoms with Crippen molar-refractivity contribution in [2.75, 3.05) is 5.73 Å². The van der Waals surface area contributed by atoms with E-state index in [2.05, 4.69) is 11.9 Å². The van der Waals surface area contributed by atoms with Crippen LogP contribution in [0.2, 0.25) is 0 Å². The predicted molar refractivity (Wildman–Crippen MR) is 63.6 cm³/mol. The van der Waals surface area contributed by atoms with Gasteiger partial charge in [0.1, 0.15) is 0 Å². The number of nitrogen functional groups attached to an aromatic ring is 1. The largest absolute Gasteiger partial charge is 0.399 e. The highest BCUT2D eigenvalue weighted by Gasteiger charge is 2.05. The quantitative estimate of drug-likeness (QED) is 0.715. The highest BCUT2D eigenvalue weighted by Crippen LogP contribution is 2.26. The summed E-state index contributed by atoms with van der Waals surface area (Å²) in [6, 6.07) is 9.93. The zero-order valence-electron chi connectivity index (χ0n) is 8.99. The van der Waals surface area contributed by atoms with Crippen LogP contribution in [-0.4, -0.2) is 4.98 Å². The second-order valence-corrected chi connectivity index (χ2v) is 3.71. The minimum absolute atomic E-state index is 0.790. The summed E-state index contributed by atoms with van der Waals surface area (Å²) in [5, 5.41) is 0. The molecule has 76 valence electrons. The Hall–Kier alpha value is -1.83. The molecule has 0 aliphatic rings. The van der Waals surface area contributed by atoms with E-state index in [4.69, 9.17) is 5.73 Å². The molecule has 0 fully saturated rings. The summed E-state index contributed by atoms with van der Waals surface area (Å²) >= 11 is 0. The number of hydrogen-bond acceptors (Lipinski definition) is 2. The molecule has 1 aromatic carbocycles. The summed E-state index contributed by atoms with van der Waals surface area (Å²) in [5.41, 5.74) is 11.1. The zero-order chi connectivity index (χ0) is 10.8. The van der Waals surface area contributed by atoms with Crippen LogP contribution in [-0.2, 0) is 0 Å². The molecule has 2 aromatic rings. The fourth-order valence-corrected chi connectivity index (χ4v) is 1.78. The number of nitrogens with two attached hydrogens (primary N) is 1. The van der Waals surface area contributed by atoms with Crippen LogP contribution in [0.25, 0.3) is 11.1 Å². The molecular formula is C13H14N2. The maximum Gasteiger partial charge on any atom is 0.0453 e. The first-order valence-corrected chi connectivity index (χ1v) is 4.96. The molecule has 1 heterocycles. The number of anilines is 1. The Morgan fingerprint density at radius 3 is 2.27 bits per heavy atom. The molecule has 15 heavy (non-hydrogen) atoms. The van der Waals surface area contributed by atoms with E-state index < -0.39 is 0 Å². The van der Waals surface area contributed by atoms with Crippen LogP contribution < -0.4 is 5.73 Å². The second kappa shape index (κ2) is 3.73. The molecule has 2 nitrogen and oxygen atoms in total. The lowest BCUT2D eigenvalue weighted by Crippen LogP contribution is -1.91. The molecule has 2 rings (SSSR count). The van der Waals surface area contributed by atoms with Crippen LogP contribution in [0.15, 0.2) is 36.5 Å². The van der Waals surface area contributed by atoms with Gasteiger partial charge in [0.2, 0.25) is 0 Å². The third-order valence-corrected chi connectivity index (χ3v) is 2.55. The Bertz CT molecular complexity index is 452. The Balaban J connectivity index is 2.58. The lowest BCUT2D eigenvalue weighted by atomic mass is 9.99. The molecule has 2 N–H and O–H groups in total. The minimum Gasteiger partial charge on any atom is -0.399 e. The van der Waals surface area contributed by atoms with Crippen molar-refractivity contribution < 1.29 is 0 Å². The van der Waals surface area contributed by atoms with E-state index >= 15 is 0 Å². The van der Waals surface area contributed by atoms with E-state index in [-0.39, 0.29) is 0 Å². The van der Waals surface area contributed by atoms with Gasteiger partial charge in [0.05, 0.1) is 0 Å². The van der Waals surface area contributed by atoms with Crippen LogP contribution in [0.1, 0.15) is 11.3 Å². The number of aryl methyl sites for hydroxylation is 2. The van der Waals surface area contributed by atoms with Gasteiger partial charge in [0.25, 0.3) is 0 Å². The first-order chi connectivity index (χ1) is 7.18. The second-order valence-electron chi connectivity index (χ2n) is 3.71. The first-order valence-electron chi connectivity index (χ1n) is 4.96. The van der Waals surface area contributed by atoms with Crippen molar-refractivity contribution in [1.29, 1.82) is 0 Å². The van der Waals surface area contributed by atoms with E-state index in [9.17, 15) is 0 Å². The van der Waals surface area contributed by atoms with Gasteiger partial charge in [-0.15, -0.1) is 0 Å². The van der Waals surface area contributed by atoms with E-state index in [1.54, 1.807) is 0 Å². The number of pyridine rings is 1. The summed E-state index contributed by atoms with van der Waals surface area (Å²) < 4.78 is 0. The van der Waals surface area contributed by atoms with E-state index in [1.807, 2.05) is 43.5 Å². The smallest absolute Gasteiger partial charge is 0.0453 e. The Morgan fingerprint density at radius 2 is 1.67 bits per heavy atom. The molecule has 2 heteroatoms.